The minimum absolute atomic E-state index is 0.0695. The number of hydrogen-bond acceptors (Lipinski definition) is 8. The van der Waals surface area contributed by atoms with Gasteiger partial charge in [0.2, 0.25) is 5.91 Å². The molecular formula is C50H102N4O4S. The molecule has 1 amide bonds. The fourth-order valence-electron chi connectivity index (χ4n) is 10.1. The first-order valence-corrected chi connectivity index (χ1v) is 25.8. The lowest BCUT2D eigenvalue weighted by Crippen LogP contribution is -2.46. The number of carbonyl (C=O) groups is 1. The summed E-state index contributed by atoms with van der Waals surface area (Å²) in [6, 6.07) is 0. The van der Waals surface area contributed by atoms with Gasteiger partial charge in [-0.15, -0.1) is 0 Å². The minimum Gasteiger partial charge on any atom is -0.378 e. The molecule has 9 atom stereocenters. The molecule has 0 aromatic heterocycles. The molecule has 0 saturated heterocycles. The van der Waals surface area contributed by atoms with Crippen LogP contribution in [-0.2, 0) is 19.0 Å². The van der Waals surface area contributed by atoms with E-state index in [-0.39, 0.29) is 29.1 Å². The smallest absolute Gasteiger partial charge is 0.222 e. The third-order valence-corrected chi connectivity index (χ3v) is 15.2. The fourth-order valence-corrected chi connectivity index (χ4v) is 10.3. The second-order valence-electron chi connectivity index (χ2n) is 19.5. The van der Waals surface area contributed by atoms with Crippen LogP contribution in [0.4, 0.5) is 0 Å². The third kappa shape index (κ3) is 22.2. The van der Waals surface area contributed by atoms with E-state index in [1.54, 1.807) is 0 Å². The molecule has 0 spiro atoms. The van der Waals surface area contributed by atoms with E-state index in [0.29, 0.717) is 55.6 Å². The molecule has 0 heterocycles. The molecule has 0 unspecified atom stereocenters. The first-order chi connectivity index (χ1) is 28.4. The minimum atomic E-state index is 0.0695. The quantitative estimate of drug-likeness (QED) is 0.0357. The van der Waals surface area contributed by atoms with Gasteiger partial charge < -0.3 is 36.3 Å². The van der Waals surface area contributed by atoms with Crippen LogP contribution in [0.5, 0.6) is 0 Å². The van der Waals surface area contributed by atoms with Crippen LogP contribution in [0, 0.1) is 34.5 Å². The van der Waals surface area contributed by atoms with Gasteiger partial charge >= 0.3 is 0 Å². The first kappa shape index (κ1) is 56.6. The zero-order valence-electron chi connectivity index (χ0n) is 40.4. The Bertz CT molecular complexity index is 1010. The van der Waals surface area contributed by atoms with Crippen molar-refractivity contribution in [1.29, 1.82) is 0 Å². The van der Waals surface area contributed by atoms with Crippen LogP contribution in [0.15, 0.2) is 0 Å². The highest BCUT2D eigenvalue weighted by Gasteiger charge is 2.52. The Hall–Kier alpha value is -0.420. The van der Waals surface area contributed by atoms with Crippen LogP contribution in [0.2, 0.25) is 0 Å². The molecule has 1 rings (SSSR count). The van der Waals surface area contributed by atoms with Gasteiger partial charge in [-0.25, -0.2) is 0 Å². The molecular weight excluding hydrogens is 753 g/mol. The maximum atomic E-state index is 13.5. The molecule has 1 aliphatic carbocycles. The maximum absolute atomic E-state index is 13.5. The average Bonchev–Trinajstić information content (AvgIpc) is 3.53. The summed E-state index contributed by atoms with van der Waals surface area (Å²) < 4.78 is 19.6. The lowest BCUT2D eigenvalue weighted by Gasteiger charge is -2.48. The van der Waals surface area contributed by atoms with Crippen LogP contribution in [0.25, 0.3) is 0 Å². The van der Waals surface area contributed by atoms with Gasteiger partial charge in [0.1, 0.15) is 0 Å². The van der Waals surface area contributed by atoms with Crippen molar-refractivity contribution in [2.45, 2.75) is 221 Å². The zero-order valence-corrected chi connectivity index (χ0v) is 41.3. The standard InChI is InChI=1S/C50H102N4O4S/c1-9-11-12-13-14-17-34-54(48(55)24-16-15-18-39-59)35-19-23-41(3)46-26-25-42(4)50(46,8)47(58-38-22-33-53)40-43(5)49(7,29-27-44(6)56-36-20-31-51)30-28-45(10-2)57-37-21-32-52/h41-47,59H,9-40,51-53H2,1-8H3/t41-,42-,43-,44+,45+,46-,47+,49-,50+/m1/s1. The Labute approximate surface area is 372 Å². The van der Waals surface area contributed by atoms with Crippen molar-refractivity contribution >= 4 is 18.5 Å². The fraction of sp³-hybridized carbons (Fsp3) is 0.980. The zero-order chi connectivity index (χ0) is 43.9. The van der Waals surface area contributed by atoms with E-state index in [0.717, 1.165) is 135 Å². The monoisotopic (exact) mass is 855 g/mol. The number of carbonyl (C=O) groups excluding carboxylic acids is 1. The van der Waals surface area contributed by atoms with Crippen LogP contribution >= 0.6 is 12.6 Å². The average molecular weight is 855 g/mol. The van der Waals surface area contributed by atoms with Gasteiger partial charge in [0.15, 0.2) is 0 Å². The molecule has 1 saturated carbocycles. The number of rotatable bonds is 40. The van der Waals surface area contributed by atoms with Crippen molar-refractivity contribution in [2.24, 2.45) is 51.7 Å². The molecule has 0 aromatic rings. The second kappa shape index (κ2) is 34.0. The van der Waals surface area contributed by atoms with E-state index >= 15 is 0 Å². The summed E-state index contributed by atoms with van der Waals surface area (Å²) in [5, 5.41) is 0. The van der Waals surface area contributed by atoms with Crippen LogP contribution in [-0.4, -0.2) is 87.4 Å². The molecule has 1 fully saturated rings. The Morgan fingerprint density at radius 2 is 1.36 bits per heavy atom. The van der Waals surface area contributed by atoms with Crippen LogP contribution in [0.3, 0.4) is 0 Å². The molecule has 352 valence electrons. The van der Waals surface area contributed by atoms with Crippen LogP contribution < -0.4 is 17.2 Å². The normalized spacial score (nSPS) is 21.9. The predicted molar refractivity (Wildman–Crippen MR) is 257 cm³/mol. The van der Waals surface area contributed by atoms with Gasteiger partial charge in [-0.3, -0.25) is 4.79 Å². The molecule has 6 N–H and O–H groups in total. The first-order valence-electron chi connectivity index (χ1n) is 25.2. The number of ether oxygens (including phenoxy) is 3. The van der Waals surface area contributed by atoms with Gasteiger partial charge in [0, 0.05) is 39.3 Å². The summed E-state index contributed by atoms with van der Waals surface area (Å²) in [6.07, 6.45) is 25.8. The van der Waals surface area contributed by atoms with Gasteiger partial charge in [0.05, 0.1) is 18.3 Å². The summed E-state index contributed by atoms with van der Waals surface area (Å²) >= 11 is 4.38. The van der Waals surface area contributed by atoms with Crippen molar-refractivity contribution in [3.63, 3.8) is 0 Å². The number of amides is 1. The van der Waals surface area contributed by atoms with Crippen molar-refractivity contribution in [1.82, 2.24) is 4.90 Å². The molecule has 0 aromatic carbocycles. The molecule has 0 aliphatic heterocycles. The lowest BCUT2D eigenvalue weighted by atomic mass is 9.61. The third-order valence-electron chi connectivity index (χ3n) is 14.9. The van der Waals surface area contributed by atoms with E-state index in [4.69, 9.17) is 31.4 Å². The Morgan fingerprint density at radius 3 is 2.00 bits per heavy atom. The largest absolute Gasteiger partial charge is 0.378 e. The van der Waals surface area contributed by atoms with Crippen molar-refractivity contribution in [3.8, 4) is 0 Å². The highest BCUT2D eigenvalue weighted by molar-refractivity contribution is 7.80. The number of thiol groups is 1. The van der Waals surface area contributed by atoms with Crippen molar-refractivity contribution in [2.75, 3.05) is 58.3 Å². The Kier molecular flexibility index (Phi) is 32.7. The van der Waals surface area contributed by atoms with E-state index < -0.39 is 0 Å². The van der Waals surface area contributed by atoms with E-state index in [1.165, 1.54) is 44.9 Å². The van der Waals surface area contributed by atoms with Crippen molar-refractivity contribution < 1.29 is 19.0 Å². The van der Waals surface area contributed by atoms with Gasteiger partial charge in [0.25, 0.3) is 0 Å². The molecule has 9 heteroatoms. The van der Waals surface area contributed by atoms with E-state index in [1.807, 2.05) is 0 Å². The van der Waals surface area contributed by atoms with Gasteiger partial charge in [-0.1, -0.05) is 87.0 Å². The summed E-state index contributed by atoms with van der Waals surface area (Å²) in [7, 11) is 0. The lowest BCUT2D eigenvalue weighted by molar-refractivity contribution is -0.131. The van der Waals surface area contributed by atoms with Crippen molar-refractivity contribution in [3.05, 3.63) is 0 Å². The molecule has 8 nitrogen and oxygen atoms in total. The second-order valence-corrected chi connectivity index (χ2v) is 19.9. The maximum Gasteiger partial charge on any atom is 0.222 e. The molecule has 0 bridgehead atoms. The highest BCUT2D eigenvalue weighted by atomic mass is 32.1. The number of nitrogens with two attached hydrogens (primary N) is 3. The van der Waals surface area contributed by atoms with E-state index in [9.17, 15) is 4.79 Å². The topological polar surface area (TPSA) is 126 Å². The number of hydrogen-bond donors (Lipinski definition) is 4. The summed E-state index contributed by atoms with van der Waals surface area (Å²) in [5.41, 5.74) is 17.8. The van der Waals surface area contributed by atoms with Gasteiger partial charge in [-0.05, 0) is 170 Å². The Morgan fingerprint density at radius 1 is 0.763 bits per heavy atom. The molecule has 1 aliphatic rings. The summed E-state index contributed by atoms with van der Waals surface area (Å²) in [4.78, 5) is 15.7. The van der Waals surface area contributed by atoms with E-state index in [2.05, 4.69) is 72.9 Å². The summed E-state index contributed by atoms with van der Waals surface area (Å²) in [5.74, 6) is 3.45. The van der Waals surface area contributed by atoms with Gasteiger partial charge in [-0.2, -0.15) is 12.6 Å². The molecule has 0 radical (unpaired) electrons. The highest BCUT2D eigenvalue weighted by Crippen LogP contribution is 2.56. The molecule has 59 heavy (non-hydrogen) atoms. The number of nitrogens with zero attached hydrogens (tertiary/aromatic N) is 1. The number of unbranched alkanes of at least 4 members (excludes halogenated alkanes) is 7. The Balaban J connectivity index is 3.23. The predicted octanol–water partition coefficient (Wildman–Crippen LogP) is 11.4. The summed E-state index contributed by atoms with van der Waals surface area (Å²) in [6.45, 7) is 25.4. The SMILES string of the molecule is CCCCCCCCN(CCC[C@@H](C)[C@H]1CC[C@@H](C)[C@]1(C)[C@H](C[C@@H](C)[C@@](C)(CC[C@H](CC)OCCCN)CC[C@H](C)OCCCN)OCCCN)C(=O)CCCCCS. The van der Waals surface area contributed by atoms with Crippen LogP contribution in [0.1, 0.15) is 203 Å².